The quantitative estimate of drug-likeness (QED) is 0.337. The summed E-state index contributed by atoms with van der Waals surface area (Å²) in [6, 6.07) is 7.74. The average Bonchev–Trinajstić information content (AvgIpc) is 3.57. The minimum Gasteiger partial charge on any atom is -0.444 e. The first-order chi connectivity index (χ1) is 20.6. The Morgan fingerprint density at radius 1 is 1.07 bits per heavy atom. The number of aryl methyl sites for hydroxylation is 2. The smallest absolute Gasteiger partial charge is 0.410 e. The number of sulfonamides is 1. The number of fused-ring (bicyclic) bond motifs is 2. The molecular formula is C30H34FN7O5S. The molecule has 0 radical (unpaired) electrons. The lowest BCUT2D eigenvalue weighted by Crippen LogP contribution is -2.42. The van der Waals surface area contributed by atoms with E-state index in [0.717, 1.165) is 0 Å². The van der Waals surface area contributed by atoms with Gasteiger partial charge in [0.05, 0.1) is 34.6 Å². The summed E-state index contributed by atoms with van der Waals surface area (Å²) in [4.78, 5) is 28.9. The van der Waals surface area contributed by atoms with E-state index >= 15 is 0 Å². The van der Waals surface area contributed by atoms with E-state index in [1.807, 2.05) is 6.92 Å². The molecule has 0 fully saturated rings. The Kier molecular flexibility index (Phi) is 6.76. The first-order valence-electron chi connectivity index (χ1n) is 14.2. The number of ether oxygens (including phenoxy) is 1. The second-order valence-electron chi connectivity index (χ2n) is 12.3. The molecule has 0 saturated heterocycles. The predicted molar refractivity (Wildman–Crippen MR) is 162 cm³/mol. The van der Waals surface area contributed by atoms with Gasteiger partial charge in [0.1, 0.15) is 17.7 Å². The Hall–Kier alpha value is -4.46. The molecule has 2 aliphatic heterocycles. The highest BCUT2D eigenvalue weighted by atomic mass is 32.2. The third-order valence-electron chi connectivity index (χ3n) is 8.05. The maximum atomic E-state index is 14.6. The van der Waals surface area contributed by atoms with Crippen LogP contribution < -0.4 is 9.99 Å². The highest BCUT2D eigenvalue weighted by Crippen LogP contribution is 2.37. The van der Waals surface area contributed by atoms with E-state index in [0.29, 0.717) is 63.8 Å². The molecule has 4 aromatic rings. The summed E-state index contributed by atoms with van der Waals surface area (Å²) in [7, 11) is -2.00. The number of halogens is 1. The van der Waals surface area contributed by atoms with Gasteiger partial charge in [-0.3, -0.25) is 4.31 Å². The zero-order valence-corrected chi connectivity index (χ0v) is 26.4. The lowest BCUT2D eigenvalue weighted by molar-refractivity contribution is 0.0159. The van der Waals surface area contributed by atoms with Gasteiger partial charge in [0.15, 0.2) is 5.82 Å². The summed E-state index contributed by atoms with van der Waals surface area (Å²) in [5.74, 6) is -0.0791. The number of rotatable bonds is 3. The maximum absolute atomic E-state index is 14.6. The minimum absolute atomic E-state index is 0.115. The summed E-state index contributed by atoms with van der Waals surface area (Å²) in [6.07, 6.45) is 1.29. The van der Waals surface area contributed by atoms with Gasteiger partial charge < -0.3 is 9.64 Å². The van der Waals surface area contributed by atoms with Gasteiger partial charge in [0.25, 0.3) is 0 Å². The van der Waals surface area contributed by atoms with Crippen LogP contribution in [-0.4, -0.2) is 62.7 Å². The van der Waals surface area contributed by atoms with E-state index in [4.69, 9.17) is 9.84 Å². The molecule has 0 aliphatic carbocycles. The lowest BCUT2D eigenvalue weighted by atomic mass is 10.00. The monoisotopic (exact) mass is 623 g/mol. The third-order valence-corrected chi connectivity index (χ3v) is 9.75. The van der Waals surface area contributed by atoms with Crippen molar-refractivity contribution in [3.63, 3.8) is 0 Å². The van der Waals surface area contributed by atoms with Gasteiger partial charge in [0, 0.05) is 25.6 Å². The van der Waals surface area contributed by atoms with Crippen molar-refractivity contribution in [2.24, 2.45) is 0 Å². The van der Waals surface area contributed by atoms with Crippen LogP contribution in [0, 0.1) is 19.7 Å². The predicted octanol–water partition coefficient (Wildman–Crippen LogP) is 4.10. The topological polar surface area (TPSA) is 125 Å². The fourth-order valence-corrected chi connectivity index (χ4v) is 7.15. The molecule has 2 aliphatic rings. The molecule has 0 bridgehead atoms. The van der Waals surface area contributed by atoms with Gasteiger partial charge in [-0.05, 0) is 82.5 Å². The van der Waals surface area contributed by atoms with Gasteiger partial charge in [-0.25, -0.2) is 31.6 Å². The van der Waals surface area contributed by atoms with Crippen molar-refractivity contribution in [2.45, 2.75) is 65.4 Å². The summed E-state index contributed by atoms with van der Waals surface area (Å²) in [5, 5.41) is 9.25. The molecule has 0 spiro atoms. The van der Waals surface area contributed by atoms with Crippen LogP contribution >= 0.6 is 0 Å². The van der Waals surface area contributed by atoms with Crippen LogP contribution in [0.5, 0.6) is 0 Å². The van der Waals surface area contributed by atoms with Crippen molar-refractivity contribution in [2.75, 3.05) is 17.9 Å². The Morgan fingerprint density at radius 2 is 1.75 bits per heavy atom. The number of carbonyl (C=O) groups excluding carboxylic acids is 1. The molecular weight excluding hydrogens is 589 g/mol. The standard InChI is InChI=1S/C30H34FN7O5S/c1-17-12-22(13-18(2)26(17)31)37-27(25-19(3)35(11-10-23(25)33-37)29(40)43-30(4,5)6)36-16-32-38(28(36)39)21-9-8-20-15-44(41,42)34(7)24(20)14-21/h8-9,12-14,16,19H,10-11,15H2,1-7H3/t19-/m0/s1. The molecule has 6 rings (SSSR count). The van der Waals surface area contributed by atoms with Crippen molar-refractivity contribution in [1.82, 2.24) is 29.0 Å². The lowest BCUT2D eigenvalue weighted by Gasteiger charge is -2.34. The zero-order valence-electron chi connectivity index (χ0n) is 25.6. The third kappa shape index (κ3) is 4.77. The number of amides is 1. The first-order valence-corrected chi connectivity index (χ1v) is 15.8. The van der Waals surface area contributed by atoms with Gasteiger partial charge in [-0.15, -0.1) is 0 Å². The molecule has 12 nitrogen and oxygen atoms in total. The van der Waals surface area contributed by atoms with Crippen molar-refractivity contribution >= 4 is 21.8 Å². The van der Waals surface area contributed by atoms with Gasteiger partial charge >= 0.3 is 11.8 Å². The van der Waals surface area contributed by atoms with E-state index in [2.05, 4.69) is 5.10 Å². The number of hydrogen-bond donors (Lipinski definition) is 0. The van der Waals surface area contributed by atoms with Crippen LogP contribution in [0.25, 0.3) is 17.2 Å². The fraction of sp³-hybridized carbons (Fsp3) is 0.400. The molecule has 14 heteroatoms. The Morgan fingerprint density at radius 3 is 2.41 bits per heavy atom. The largest absolute Gasteiger partial charge is 0.444 e. The number of benzene rings is 2. The van der Waals surface area contributed by atoms with Crippen LogP contribution in [0.4, 0.5) is 14.9 Å². The van der Waals surface area contributed by atoms with Crippen LogP contribution in [0.1, 0.15) is 61.7 Å². The number of carbonyl (C=O) groups is 1. The molecule has 44 heavy (non-hydrogen) atoms. The minimum atomic E-state index is -3.47. The molecule has 1 amide bonds. The molecule has 232 valence electrons. The number of hydrogen-bond acceptors (Lipinski definition) is 7. The normalized spacial score (nSPS) is 17.5. The summed E-state index contributed by atoms with van der Waals surface area (Å²) < 4.78 is 50.5. The van der Waals surface area contributed by atoms with Gasteiger partial charge in [0.2, 0.25) is 10.0 Å². The van der Waals surface area contributed by atoms with Crippen molar-refractivity contribution in [3.05, 3.63) is 80.9 Å². The van der Waals surface area contributed by atoms with Crippen LogP contribution in [-0.2, 0) is 26.9 Å². The number of aromatic nitrogens is 5. The molecule has 2 aromatic carbocycles. The highest BCUT2D eigenvalue weighted by molar-refractivity contribution is 7.92. The zero-order chi connectivity index (χ0) is 31.9. The highest BCUT2D eigenvalue weighted by Gasteiger charge is 2.37. The van der Waals surface area contributed by atoms with Crippen molar-refractivity contribution < 1.29 is 22.3 Å². The van der Waals surface area contributed by atoms with Gasteiger partial charge in [-0.1, -0.05) is 6.07 Å². The van der Waals surface area contributed by atoms with E-state index in [9.17, 15) is 22.4 Å². The van der Waals surface area contributed by atoms with E-state index in [1.165, 1.54) is 26.9 Å². The molecule has 4 heterocycles. The number of nitrogens with zero attached hydrogens (tertiary/aromatic N) is 7. The van der Waals surface area contributed by atoms with Crippen LogP contribution in [0.2, 0.25) is 0 Å². The van der Waals surface area contributed by atoms with Gasteiger partial charge in [-0.2, -0.15) is 14.9 Å². The molecule has 0 N–H and O–H groups in total. The number of anilines is 1. The molecule has 1 atom stereocenters. The summed E-state index contributed by atoms with van der Waals surface area (Å²) >= 11 is 0. The SMILES string of the molecule is Cc1cc(-n2nc3c(c2-n2cnn(-c4ccc5c(c4)N(C)S(=O)(=O)C5)c2=O)[C@H](C)N(C(=O)OC(C)(C)C)CC3)cc(C)c1F. The van der Waals surface area contributed by atoms with Crippen LogP contribution in [0.3, 0.4) is 0 Å². The molecule has 0 unspecified atom stereocenters. The second-order valence-corrected chi connectivity index (χ2v) is 14.3. The van der Waals surface area contributed by atoms with Crippen molar-refractivity contribution in [1.29, 1.82) is 0 Å². The Bertz CT molecular complexity index is 1980. The Labute approximate surface area is 254 Å². The fourth-order valence-electron chi connectivity index (χ4n) is 5.85. The Balaban J connectivity index is 1.52. The van der Waals surface area contributed by atoms with E-state index in [-0.39, 0.29) is 11.6 Å². The van der Waals surface area contributed by atoms with Crippen molar-refractivity contribution in [3.8, 4) is 17.2 Å². The second kappa shape index (κ2) is 10.0. The summed E-state index contributed by atoms with van der Waals surface area (Å²) in [6.45, 7) is 10.9. The van der Waals surface area contributed by atoms with E-state index < -0.39 is 33.4 Å². The maximum Gasteiger partial charge on any atom is 0.410 e. The van der Waals surface area contributed by atoms with E-state index in [1.54, 1.807) is 74.5 Å². The van der Waals surface area contributed by atoms with Crippen LogP contribution in [0.15, 0.2) is 41.5 Å². The molecule has 0 saturated carbocycles. The molecule has 2 aromatic heterocycles. The first kappa shape index (κ1) is 29.6. The average molecular weight is 624 g/mol. The summed E-state index contributed by atoms with van der Waals surface area (Å²) in [5.41, 5.74) is 2.98.